The number of rotatable bonds is 12. The molecule has 258 valence electrons. The Bertz CT molecular complexity index is 1880. The van der Waals surface area contributed by atoms with Gasteiger partial charge in [-0.3, -0.25) is 4.90 Å². The molecule has 2 heterocycles. The lowest BCUT2D eigenvalue weighted by Crippen LogP contribution is -2.32. The minimum Gasteiger partial charge on any atom is -0.478 e. The van der Waals surface area contributed by atoms with Gasteiger partial charge in [0.1, 0.15) is 23.8 Å². The first kappa shape index (κ1) is 35.2. The molecule has 6 nitrogen and oxygen atoms in total. The smallest absolute Gasteiger partial charge is 0.339 e. The molecule has 0 radical (unpaired) electrons. The number of carboxylic acid groups (broad SMARTS) is 1. The number of fused-ring (bicyclic) bond motifs is 1. The van der Waals surface area contributed by atoms with Gasteiger partial charge in [-0.1, -0.05) is 74.9 Å². The van der Waals surface area contributed by atoms with Crippen LogP contribution in [0.5, 0.6) is 11.5 Å². The topological polar surface area (TPSA) is 63.9 Å². The van der Waals surface area contributed by atoms with E-state index in [0.717, 1.165) is 73.0 Å². The zero-order valence-corrected chi connectivity index (χ0v) is 31.3. The highest BCUT2D eigenvalue weighted by molar-refractivity contribution is 6.76. The number of halogens is 1. The Kier molecular flexibility index (Phi) is 10.6. The molecule has 0 saturated heterocycles. The summed E-state index contributed by atoms with van der Waals surface area (Å²) in [5, 5.41) is 11.8. The Morgan fingerprint density at radius 1 is 0.980 bits per heavy atom. The maximum atomic E-state index is 12.2. The molecule has 1 aromatic heterocycles. The average molecular weight is 697 g/mol. The number of allylic oxidation sites excluding steroid dienone is 1. The second-order valence-corrected chi connectivity index (χ2v) is 21.7. The molecule has 8 heteroatoms. The zero-order valence-electron chi connectivity index (χ0n) is 29.5. The molecule has 0 atom stereocenters. The van der Waals surface area contributed by atoms with E-state index in [1.54, 1.807) is 6.07 Å². The fourth-order valence-corrected chi connectivity index (χ4v) is 7.74. The van der Waals surface area contributed by atoms with Crippen LogP contribution in [0, 0.1) is 5.41 Å². The first-order valence-electron chi connectivity index (χ1n) is 17.4. The Morgan fingerprint density at radius 3 is 2.47 bits per heavy atom. The number of hydrogen-bond acceptors (Lipinski definition) is 4. The zero-order chi connectivity index (χ0) is 34.8. The summed E-state index contributed by atoms with van der Waals surface area (Å²) in [7, 11) is -1.14. The molecule has 3 aromatic carbocycles. The lowest BCUT2D eigenvalue weighted by atomic mass is 9.72. The van der Waals surface area contributed by atoms with Crippen molar-refractivity contribution in [3.8, 4) is 11.5 Å². The van der Waals surface area contributed by atoms with Gasteiger partial charge in [-0.15, -0.1) is 0 Å². The maximum absolute atomic E-state index is 12.2. The van der Waals surface area contributed by atoms with Crippen LogP contribution in [-0.2, 0) is 11.5 Å². The molecule has 0 spiro atoms. The molecule has 6 rings (SSSR count). The Morgan fingerprint density at radius 2 is 1.76 bits per heavy atom. The molecule has 1 N–H and O–H groups in total. The van der Waals surface area contributed by atoms with Crippen molar-refractivity contribution in [3.63, 3.8) is 0 Å². The van der Waals surface area contributed by atoms with Crippen molar-refractivity contribution in [2.75, 3.05) is 26.2 Å². The second-order valence-electron chi connectivity index (χ2n) is 15.6. The van der Waals surface area contributed by atoms with Gasteiger partial charge in [0.25, 0.3) is 0 Å². The van der Waals surface area contributed by atoms with Gasteiger partial charge in [0.05, 0.1) is 5.52 Å². The van der Waals surface area contributed by atoms with Crippen molar-refractivity contribution in [1.82, 2.24) is 9.47 Å². The van der Waals surface area contributed by atoms with Gasteiger partial charge in [-0.25, -0.2) is 4.79 Å². The molecule has 49 heavy (non-hydrogen) atoms. The van der Waals surface area contributed by atoms with E-state index in [-0.39, 0.29) is 11.0 Å². The van der Waals surface area contributed by atoms with E-state index in [1.807, 2.05) is 54.7 Å². The number of aromatic carboxylic acids is 1. The van der Waals surface area contributed by atoms with Crippen LogP contribution in [0.2, 0.25) is 30.7 Å². The van der Waals surface area contributed by atoms with Crippen molar-refractivity contribution in [1.29, 1.82) is 0 Å². The minimum absolute atomic E-state index is 0.150. The van der Waals surface area contributed by atoms with Crippen molar-refractivity contribution in [2.24, 2.45) is 5.41 Å². The molecule has 1 aliphatic heterocycles. The number of hydrogen-bond donors (Lipinski definition) is 1. The van der Waals surface area contributed by atoms with Gasteiger partial charge >= 0.3 is 5.97 Å². The van der Waals surface area contributed by atoms with Crippen LogP contribution in [0.1, 0.15) is 61.0 Å². The highest BCUT2D eigenvalue weighted by Crippen LogP contribution is 2.43. The fourth-order valence-electron chi connectivity index (χ4n) is 6.86. The Balaban J connectivity index is 1.15. The van der Waals surface area contributed by atoms with Crippen LogP contribution in [0.3, 0.4) is 0 Å². The van der Waals surface area contributed by atoms with Gasteiger partial charge in [0.15, 0.2) is 0 Å². The second kappa shape index (κ2) is 14.7. The minimum atomic E-state index is -1.14. The fraction of sp³-hybridized carbons (Fsp3) is 0.390. The molecule has 4 aromatic rings. The van der Waals surface area contributed by atoms with Gasteiger partial charge in [0.2, 0.25) is 0 Å². The van der Waals surface area contributed by atoms with Gasteiger partial charge in [-0.2, -0.15) is 0 Å². The lowest BCUT2D eigenvalue weighted by Gasteiger charge is -2.36. The van der Waals surface area contributed by atoms with E-state index < -0.39 is 14.0 Å². The number of aromatic nitrogens is 1. The van der Waals surface area contributed by atoms with Crippen LogP contribution in [-0.4, -0.2) is 54.9 Å². The van der Waals surface area contributed by atoms with Gasteiger partial charge in [0, 0.05) is 50.9 Å². The van der Waals surface area contributed by atoms with E-state index in [1.165, 1.54) is 28.7 Å². The van der Waals surface area contributed by atoms with Crippen molar-refractivity contribution >= 4 is 47.7 Å². The van der Waals surface area contributed by atoms with Gasteiger partial charge < -0.3 is 19.1 Å². The summed E-state index contributed by atoms with van der Waals surface area (Å²) < 4.78 is 14.3. The summed E-state index contributed by atoms with van der Waals surface area (Å²) in [6, 6.07) is 22.8. The standard InChI is InChI=1S/C41H49ClN2O4Si/c1-41(2)18-14-33(37(26-41)30-6-9-34(42)10-7-30)27-43-19-15-29(16-20-43)31-8-12-36(40(45)46)39(25-31)48-35-11-13-38-32(24-35)17-21-44(38)28-47-22-23-49(3,4)5/h6-13,15,17,21,24-25H,14,16,18-20,22-23,26-28H2,1-5H3,(H,45,46). The summed E-state index contributed by atoms with van der Waals surface area (Å²) >= 11 is 6.22. The van der Waals surface area contributed by atoms with Crippen molar-refractivity contribution in [3.05, 3.63) is 106 Å². The normalized spacial score (nSPS) is 17.0. The average Bonchev–Trinajstić information content (AvgIpc) is 3.46. The van der Waals surface area contributed by atoms with Crippen LogP contribution in [0.25, 0.3) is 22.0 Å². The molecule has 0 bridgehead atoms. The van der Waals surface area contributed by atoms with E-state index >= 15 is 0 Å². The molecule has 2 aliphatic rings. The van der Waals surface area contributed by atoms with Crippen molar-refractivity contribution in [2.45, 2.75) is 71.9 Å². The summed E-state index contributed by atoms with van der Waals surface area (Å²) in [4.78, 5) is 14.7. The number of nitrogens with zero attached hydrogens (tertiary/aromatic N) is 2. The number of carbonyl (C=O) groups is 1. The van der Waals surface area contributed by atoms with E-state index in [9.17, 15) is 9.90 Å². The third-order valence-electron chi connectivity index (χ3n) is 9.87. The van der Waals surface area contributed by atoms with E-state index in [2.05, 4.69) is 61.2 Å². The Labute approximate surface area is 297 Å². The molecule has 0 amide bonds. The predicted octanol–water partition coefficient (Wildman–Crippen LogP) is 10.9. The highest BCUT2D eigenvalue weighted by Gasteiger charge is 2.29. The summed E-state index contributed by atoms with van der Waals surface area (Å²) in [6.45, 7) is 15.8. The Hall–Kier alpha value is -3.62. The van der Waals surface area contributed by atoms with E-state index in [4.69, 9.17) is 21.1 Å². The molecular weight excluding hydrogens is 648 g/mol. The number of carboxylic acids is 1. The first-order chi connectivity index (χ1) is 23.3. The summed E-state index contributed by atoms with van der Waals surface area (Å²) in [6.07, 6.45) is 8.58. The molecule has 0 saturated carbocycles. The third-order valence-corrected chi connectivity index (χ3v) is 11.8. The quantitative estimate of drug-likeness (QED) is 0.118. The monoisotopic (exact) mass is 696 g/mol. The first-order valence-corrected chi connectivity index (χ1v) is 21.5. The van der Waals surface area contributed by atoms with Crippen LogP contribution in [0.15, 0.2) is 84.6 Å². The number of benzene rings is 3. The van der Waals surface area contributed by atoms with Crippen molar-refractivity contribution < 1.29 is 19.4 Å². The molecule has 1 aliphatic carbocycles. The lowest BCUT2D eigenvalue weighted by molar-refractivity contribution is 0.0694. The maximum Gasteiger partial charge on any atom is 0.339 e. The van der Waals surface area contributed by atoms with Crippen LogP contribution < -0.4 is 4.74 Å². The SMILES string of the molecule is CC1(C)CCC(CN2CC=C(c3ccc(C(=O)O)c(Oc4ccc5c(ccn5COCC[Si](C)(C)C)c4)c3)CC2)=C(c2ccc(Cl)cc2)C1. The third kappa shape index (κ3) is 8.95. The molecule has 0 fully saturated rings. The summed E-state index contributed by atoms with van der Waals surface area (Å²) in [5.41, 5.74) is 7.99. The number of ether oxygens (including phenoxy) is 2. The van der Waals surface area contributed by atoms with Crippen LogP contribution in [0.4, 0.5) is 0 Å². The molecular formula is C41H49ClN2O4Si. The highest BCUT2D eigenvalue weighted by atomic mass is 35.5. The largest absolute Gasteiger partial charge is 0.478 e. The van der Waals surface area contributed by atoms with E-state index in [0.29, 0.717) is 18.2 Å². The van der Waals surface area contributed by atoms with Gasteiger partial charge in [-0.05, 0) is 108 Å². The molecule has 0 unspecified atom stereocenters. The summed E-state index contributed by atoms with van der Waals surface area (Å²) in [5.74, 6) is -0.0494. The van der Waals surface area contributed by atoms with Crippen LogP contribution >= 0.6 is 11.6 Å². The predicted molar refractivity (Wildman–Crippen MR) is 205 cm³/mol.